The Hall–Kier alpha value is -2.40. The summed E-state index contributed by atoms with van der Waals surface area (Å²) in [6.45, 7) is 0. The molecule has 98 valence electrons. The fraction of sp³-hybridized carbons (Fsp3) is 0.0714. The van der Waals surface area contributed by atoms with Crippen LogP contribution in [0.5, 0.6) is 0 Å². The van der Waals surface area contributed by atoms with E-state index in [2.05, 4.69) is 20.1 Å². The maximum absolute atomic E-state index is 6.06. The highest BCUT2D eigenvalue weighted by Crippen LogP contribution is 2.25. The molecule has 20 heavy (non-hydrogen) atoms. The van der Waals surface area contributed by atoms with E-state index in [4.69, 9.17) is 16.1 Å². The number of rotatable bonds is 2. The molecule has 0 spiro atoms. The molecule has 0 aliphatic rings. The Balaban J connectivity index is 1.89. The van der Waals surface area contributed by atoms with E-state index in [-0.39, 0.29) is 0 Å². The molecule has 0 fully saturated rings. The van der Waals surface area contributed by atoms with Crippen LogP contribution in [0.2, 0.25) is 5.02 Å². The van der Waals surface area contributed by atoms with Crippen LogP contribution in [0.4, 0.5) is 0 Å². The molecule has 0 aliphatic carbocycles. The summed E-state index contributed by atoms with van der Waals surface area (Å²) in [5, 5.41) is 5.53. The van der Waals surface area contributed by atoms with E-state index in [0.717, 1.165) is 33.5 Å². The molecule has 6 heteroatoms. The molecule has 0 unspecified atom stereocenters. The number of imidazole rings is 1. The van der Waals surface area contributed by atoms with Crippen molar-refractivity contribution in [2.24, 2.45) is 0 Å². The summed E-state index contributed by atoms with van der Waals surface area (Å²) in [5.74, 6) is 0.822. The van der Waals surface area contributed by atoms with Crippen molar-refractivity contribution in [1.82, 2.24) is 20.1 Å². The number of hydrogen-bond donors (Lipinski definition) is 1. The lowest BCUT2D eigenvalue weighted by Gasteiger charge is -1.98. The van der Waals surface area contributed by atoms with Crippen molar-refractivity contribution in [3.63, 3.8) is 0 Å². The second kappa shape index (κ2) is 4.31. The molecule has 0 radical (unpaired) electrons. The minimum absolute atomic E-state index is 0.591. The number of nitrogens with zero attached hydrogens (tertiary/aromatic N) is 3. The molecule has 5 nitrogen and oxygen atoms in total. The van der Waals surface area contributed by atoms with Crippen molar-refractivity contribution in [1.29, 1.82) is 0 Å². The first-order valence-electron chi connectivity index (χ1n) is 6.12. The van der Waals surface area contributed by atoms with E-state index in [1.165, 1.54) is 0 Å². The summed E-state index contributed by atoms with van der Waals surface area (Å²) in [5.41, 5.74) is 3.48. The largest absolute Gasteiger partial charge is 0.364 e. The number of aromatic nitrogens is 4. The molecule has 1 aromatic carbocycles. The fourth-order valence-electron chi connectivity index (χ4n) is 2.27. The third kappa shape index (κ3) is 1.83. The minimum Gasteiger partial charge on any atom is -0.364 e. The number of nitrogens with one attached hydrogen (secondary N) is 1. The van der Waals surface area contributed by atoms with Gasteiger partial charge in [0, 0.05) is 16.5 Å². The second-order valence-electron chi connectivity index (χ2n) is 4.53. The van der Waals surface area contributed by atoms with Gasteiger partial charge in [-0.15, -0.1) is 0 Å². The third-order valence-corrected chi connectivity index (χ3v) is 3.41. The molecule has 0 atom stereocenters. The molecule has 0 saturated heterocycles. The number of aromatic amines is 1. The first-order valence-corrected chi connectivity index (χ1v) is 6.49. The molecule has 3 aromatic heterocycles. The number of benzene rings is 1. The van der Waals surface area contributed by atoms with Crippen LogP contribution >= 0.6 is 11.6 Å². The van der Waals surface area contributed by atoms with Crippen molar-refractivity contribution in [2.45, 2.75) is 6.42 Å². The average molecular weight is 285 g/mol. The van der Waals surface area contributed by atoms with Gasteiger partial charge in [0.2, 0.25) is 0 Å². The van der Waals surface area contributed by atoms with Crippen molar-refractivity contribution >= 4 is 33.5 Å². The van der Waals surface area contributed by atoms with Gasteiger partial charge in [-0.1, -0.05) is 16.8 Å². The number of pyridine rings is 1. The Kier molecular flexibility index (Phi) is 2.47. The molecule has 0 aliphatic heterocycles. The maximum atomic E-state index is 6.06. The van der Waals surface area contributed by atoms with Gasteiger partial charge in [-0.3, -0.25) is 4.98 Å². The van der Waals surface area contributed by atoms with Gasteiger partial charge in [0.15, 0.2) is 0 Å². The smallest absolute Gasteiger partial charge is 0.124 e. The number of hydrogen-bond acceptors (Lipinski definition) is 4. The first-order chi connectivity index (χ1) is 9.79. The van der Waals surface area contributed by atoms with Gasteiger partial charge in [0.25, 0.3) is 0 Å². The summed E-state index contributed by atoms with van der Waals surface area (Å²) in [4.78, 5) is 12.2. The zero-order valence-electron chi connectivity index (χ0n) is 10.3. The highest BCUT2D eigenvalue weighted by atomic mass is 35.5. The quantitative estimate of drug-likeness (QED) is 0.613. The highest BCUT2D eigenvalue weighted by molar-refractivity contribution is 6.31. The van der Waals surface area contributed by atoms with Gasteiger partial charge in [0.05, 0.1) is 29.3 Å². The standard InChI is InChI=1S/C14H9ClN4O/c15-8-1-2-11-10(5-8)14-12(7-16-11)17-13(18-14)6-9-3-4-20-19-9/h1-5,7H,6H2,(H,17,18). The van der Waals surface area contributed by atoms with Crippen LogP contribution < -0.4 is 0 Å². The summed E-state index contributed by atoms with van der Waals surface area (Å²) in [6.07, 6.45) is 3.90. The fourth-order valence-corrected chi connectivity index (χ4v) is 2.44. The Morgan fingerprint density at radius 2 is 2.15 bits per heavy atom. The van der Waals surface area contributed by atoms with Crippen LogP contribution in [0.15, 0.2) is 41.2 Å². The second-order valence-corrected chi connectivity index (χ2v) is 4.97. The molecular formula is C14H9ClN4O. The predicted octanol–water partition coefficient (Wildman–Crippen LogP) is 3.34. The van der Waals surface area contributed by atoms with E-state index in [1.807, 2.05) is 24.3 Å². The average Bonchev–Trinajstić information content (AvgIpc) is 3.08. The van der Waals surface area contributed by atoms with Crippen molar-refractivity contribution in [3.8, 4) is 0 Å². The molecule has 4 rings (SSSR count). The summed E-state index contributed by atoms with van der Waals surface area (Å²) in [7, 11) is 0. The van der Waals surface area contributed by atoms with E-state index in [0.29, 0.717) is 11.4 Å². The van der Waals surface area contributed by atoms with Gasteiger partial charge in [0.1, 0.15) is 17.6 Å². The van der Waals surface area contributed by atoms with Crippen LogP contribution in [0, 0.1) is 0 Å². The number of halogens is 1. The topological polar surface area (TPSA) is 67.6 Å². The Morgan fingerprint density at radius 1 is 1.20 bits per heavy atom. The Labute approximate surface area is 118 Å². The normalized spacial score (nSPS) is 11.4. The molecule has 0 saturated carbocycles. The van der Waals surface area contributed by atoms with Crippen molar-refractivity contribution in [3.05, 3.63) is 53.3 Å². The SMILES string of the molecule is Clc1ccc2ncc3nc(Cc4ccon4)[nH]c3c2c1. The minimum atomic E-state index is 0.591. The summed E-state index contributed by atoms with van der Waals surface area (Å²) < 4.78 is 4.83. The van der Waals surface area contributed by atoms with Crippen LogP contribution in [0.3, 0.4) is 0 Å². The first kappa shape index (κ1) is 11.4. The van der Waals surface area contributed by atoms with Crippen LogP contribution in [-0.2, 0) is 6.42 Å². The van der Waals surface area contributed by atoms with Crippen molar-refractivity contribution in [2.75, 3.05) is 0 Å². The highest BCUT2D eigenvalue weighted by Gasteiger charge is 2.09. The maximum Gasteiger partial charge on any atom is 0.124 e. The molecule has 0 amide bonds. The van der Waals surface area contributed by atoms with Gasteiger partial charge in [-0.2, -0.15) is 0 Å². The van der Waals surface area contributed by atoms with E-state index in [1.54, 1.807) is 12.5 Å². The van der Waals surface area contributed by atoms with Gasteiger partial charge < -0.3 is 9.51 Å². The summed E-state index contributed by atoms with van der Waals surface area (Å²) in [6, 6.07) is 7.44. The van der Waals surface area contributed by atoms with Gasteiger partial charge >= 0.3 is 0 Å². The zero-order valence-corrected chi connectivity index (χ0v) is 11.1. The van der Waals surface area contributed by atoms with Gasteiger partial charge in [-0.05, 0) is 18.2 Å². The molecule has 0 bridgehead atoms. The third-order valence-electron chi connectivity index (χ3n) is 3.17. The van der Waals surface area contributed by atoms with Crippen LogP contribution in [0.25, 0.3) is 21.9 Å². The van der Waals surface area contributed by atoms with Crippen LogP contribution in [-0.4, -0.2) is 20.1 Å². The Morgan fingerprint density at radius 3 is 3.00 bits per heavy atom. The van der Waals surface area contributed by atoms with Crippen molar-refractivity contribution < 1.29 is 4.52 Å². The number of H-pyrrole nitrogens is 1. The lowest BCUT2D eigenvalue weighted by atomic mass is 10.2. The Bertz CT molecular complexity index is 898. The molecular weight excluding hydrogens is 276 g/mol. The lowest BCUT2D eigenvalue weighted by Crippen LogP contribution is -1.89. The van der Waals surface area contributed by atoms with E-state index in [9.17, 15) is 0 Å². The predicted molar refractivity (Wildman–Crippen MR) is 75.7 cm³/mol. The molecule has 1 N–H and O–H groups in total. The van der Waals surface area contributed by atoms with Crippen LogP contribution in [0.1, 0.15) is 11.5 Å². The monoisotopic (exact) mass is 284 g/mol. The van der Waals surface area contributed by atoms with E-state index < -0.39 is 0 Å². The molecule has 3 heterocycles. The summed E-state index contributed by atoms with van der Waals surface area (Å²) >= 11 is 6.06. The lowest BCUT2D eigenvalue weighted by molar-refractivity contribution is 0.412. The number of fused-ring (bicyclic) bond motifs is 3. The molecule has 4 aromatic rings. The van der Waals surface area contributed by atoms with E-state index >= 15 is 0 Å². The van der Waals surface area contributed by atoms with Gasteiger partial charge in [-0.25, -0.2) is 4.98 Å². The zero-order chi connectivity index (χ0) is 13.5.